The van der Waals surface area contributed by atoms with Crippen molar-refractivity contribution in [3.63, 3.8) is 0 Å². The molecule has 4 rings (SSSR count). The van der Waals surface area contributed by atoms with Crippen LogP contribution in [-0.4, -0.2) is 40.2 Å². The van der Waals surface area contributed by atoms with E-state index in [0.29, 0.717) is 18.9 Å². The predicted octanol–water partition coefficient (Wildman–Crippen LogP) is 3.61. The van der Waals surface area contributed by atoms with Crippen LogP contribution < -0.4 is 9.64 Å². The van der Waals surface area contributed by atoms with Crippen LogP contribution >= 0.6 is 0 Å². The largest absolute Gasteiger partial charge is 0.490 e. The Labute approximate surface area is 167 Å². The molecule has 0 amide bonds. The van der Waals surface area contributed by atoms with Crippen LogP contribution in [0.5, 0.6) is 5.75 Å². The second-order valence-corrected chi connectivity index (χ2v) is 8.41. The summed E-state index contributed by atoms with van der Waals surface area (Å²) >= 11 is 0. The first-order valence-corrected chi connectivity index (χ1v) is 10.2. The molecule has 150 valence electrons. The molecule has 1 aromatic heterocycles. The minimum absolute atomic E-state index is 0.191. The number of hydrogen-bond donors (Lipinski definition) is 2. The Bertz CT molecular complexity index is 869. The Kier molecular flexibility index (Phi) is 5.06. The molecule has 0 radical (unpaired) electrons. The molecule has 1 saturated carbocycles. The molecular weight excluding hydrogens is 352 g/mol. The lowest BCUT2D eigenvalue weighted by Crippen LogP contribution is -2.57. The highest BCUT2D eigenvalue weighted by Gasteiger charge is 2.46. The Balaban J connectivity index is 1.52. The number of pyridine rings is 1. The van der Waals surface area contributed by atoms with Crippen molar-refractivity contribution in [3.8, 4) is 5.75 Å². The van der Waals surface area contributed by atoms with E-state index in [1.54, 1.807) is 0 Å². The van der Waals surface area contributed by atoms with Crippen LogP contribution in [0.2, 0.25) is 0 Å². The summed E-state index contributed by atoms with van der Waals surface area (Å²) in [5.41, 5.74) is 4.43. The summed E-state index contributed by atoms with van der Waals surface area (Å²) < 4.78 is 6.00. The Morgan fingerprint density at radius 2 is 2.04 bits per heavy atom. The molecule has 1 aromatic carbocycles. The summed E-state index contributed by atoms with van der Waals surface area (Å²) in [6, 6.07) is 8.04. The van der Waals surface area contributed by atoms with Gasteiger partial charge in [0.15, 0.2) is 0 Å². The van der Waals surface area contributed by atoms with E-state index < -0.39 is 11.8 Å². The monoisotopic (exact) mass is 382 g/mol. The second-order valence-electron chi connectivity index (χ2n) is 8.41. The van der Waals surface area contributed by atoms with Gasteiger partial charge in [-0.05, 0) is 68.9 Å². The average molecular weight is 383 g/mol. The van der Waals surface area contributed by atoms with Crippen molar-refractivity contribution >= 4 is 5.69 Å². The number of β-amino-alcohol motifs (C(OH)–C–C–N with tert-alkyl or cyclic N) is 1. The third-order valence-corrected chi connectivity index (χ3v) is 6.39. The highest BCUT2D eigenvalue weighted by atomic mass is 16.5. The van der Waals surface area contributed by atoms with E-state index in [1.165, 1.54) is 5.56 Å². The van der Waals surface area contributed by atoms with Gasteiger partial charge in [0.1, 0.15) is 24.2 Å². The first-order valence-electron chi connectivity index (χ1n) is 10.2. The molecule has 2 N–H and O–H groups in total. The molecule has 0 unspecified atom stereocenters. The van der Waals surface area contributed by atoms with E-state index in [0.717, 1.165) is 47.5 Å². The fourth-order valence-corrected chi connectivity index (χ4v) is 4.74. The van der Waals surface area contributed by atoms with Crippen molar-refractivity contribution < 1.29 is 14.9 Å². The molecule has 2 heterocycles. The number of nitrogens with zero attached hydrogens (tertiary/aromatic N) is 2. The van der Waals surface area contributed by atoms with E-state index >= 15 is 0 Å². The van der Waals surface area contributed by atoms with Crippen LogP contribution in [0, 0.1) is 20.8 Å². The van der Waals surface area contributed by atoms with Gasteiger partial charge < -0.3 is 19.8 Å². The quantitative estimate of drug-likeness (QED) is 0.827. The zero-order chi connectivity index (χ0) is 19.9. The zero-order valence-corrected chi connectivity index (χ0v) is 17.0. The van der Waals surface area contributed by atoms with Gasteiger partial charge in [-0.3, -0.25) is 4.98 Å². The SMILES string of the molecule is Cc1ccc(C)c(OC[C@H](O)CN2c3cccnc3[C@H]3CCC[C@@]2(O)C3)c1C. The number of benzene rings is 1. The lowest BCUT2D eigenvalue weighted by Gasteiger charge is -2.51. The summed E-state index contributed by atoms with van der Waals surface area (Å²) in [6.45, 7) is 6.64. The minimum Gasteiger partial charge on any atom is -0.490 e. The van der Waals surface area contributed by atoms with Crippen molar-refractivity contribution in [2.24, 2.45) is 0 Å². The van der Waals surface area contributed by atoms with Gasteiger partial charge in [-0.15, -0.1) is 0 Å². The van der Waals surface area contributed by atoms with E-state index in [2.05, 4.69) is 18.0 Å². The molecule has 1 fully saturated rings. The number of rotatable bonds is 5. The highest BCUT2D eigenvalue weighted by Crippen LogP contribution is 2.48. The van der Waals surface area contributed by atoms with Gasteiger partial charge >= 0.3 is 0 Å². The molecule has 2 aliphatic rings. The van der Waals surface area contributed by atoms with Crippen LogP contribution in [0.1, 0.15) is 54.0 Å². The highest BCUT2D eigenvalue weighted by molar-refractivity contribution is 5.57. The summed E-state index contributed by atoms with van der Waals surface area (Å²) in [4.78, 5) is 6.54. The topological polar surface area (TPSA) is 65.8 Å². The Morgan fingerprint density at radius 1 is 1.25 bits per heavy atom. The standard InChI is InChI=1S/C23H30N2O3/c1-15-8-9-16(2)22(17(15)3)28-14-19(26)13-25-20-7-5-11-24-21(20)18-6-4-10-23(25,27)12-18/h5,7-9,11,18-19,26-27H,4,6,10,12-14H2,1-3H3/t18-,19+,23+/m0/s1. The van der Waals surface area contributed by atoms with Gasteiger partial charge in [0.25, 0.3) is 0 Å². The maximum atomic E-state index is 11.3. The van der Waals surface area contributed by atoms with Crippen LogP contribution in [0.15, 0.2) is 30.5 Å². The fraction of sp³-hybridized carbons (Fsp3) is 0.522. The third-order valence-electron chi connectivity index (χ3n) is 6.39. The van der Waals surface area contributed by atoms with Crippen molar-refractivity contribution in [2.45, 2.75) is 64.2 Å². The van der Waals surface area contributed by atoms with Gasteiger partial charge in [-0.2, -0.15) is 0 Å². The maximum absolute atomic E-state index is 11.3. The smallest absolute Gasteiger partial charge is 0.138 e. The molecule has 0 saturated heterocycles. The summed E-state index contributed by atoms with van der Waals surface area (Å²) in [5.74, 6) is 1.15. The average Bonchev–Trinajstić information content (AvgIpc) is 2.68. The molecule has 2 aromatic rings. The molecule has 1 aliphatic carbocycles. The van der Waals surface area contributed by atoms with E-state index in [-0.39, 0.29) is 6.61 Å². The lowest BCUT2D eigenvalue weighted by atomic mass is 9.76. The Morgan fingerprint density at radius 3 is 2.86 bits per heavy atom. The van der Waals surface area contributed by atoms with Crippen LogP contribution in [0.25, 0.3) is 0 Å². The molecular formula is C23H30N2O3. The third kappa shape index (κ3) is 3.38. The summed E-state index contributed by atoms with van der Waals surface area (Å²) in [7, 11) is 0. The molecule has 1 aliphatic heterocycles. The van der Waals surface area contributed by atoms with E-state index in [9.17, 15) is 10.2 Å². The van der Waals surface area contributed by atoms with Crippen molar-refractivity contribution in [1.82, 2.24) is 4.98 Å². The van der Waals surface area contributed by atoms with Gasteiger partial charge in [0.05, 0.1) is 17.9 Å². The molecule has 2 bridgehead atoms. The number of aliphatic hydroxyl groups excluding tert-OH is 1. The van der Waals surface area contributed by atoms with Crippen LogP contribution in [-0.2, 0) is 0 Å². The zero-order valence-electron chi connectivity index (χ0n) is 17.0. The number of anilines is 1. The molecule has 5 nitrogen and oxygen atoms in total. The fourth-order valence-electron chi connectivity index (χ4n) is 4.74. The number of aryl methyl sites for hydroxylation is 2. The molecule has 5 heteroatoms. The summed E-state index contributed by atoms with van der Waals surface area (Å²) in [6.07, 6.45) is 4.55. The number of aromatic nitrogens is 1. The van der Waals surface area contributed by atoms with Gasteiger partial charge in [0.2, 0.25) is 0 Å². The second kappa shape index (κ2) is 7.37. The maximum Gasteiger partial charge on any atom is 0.138 e. The minimum atomic E-state index is -0.908. The number of hydrogen-bond acceptors (Lipinski definition) is 5. The molecule has 28 heavy (non-hydrogen) atoms. The number of ether oxygens (including phenoxy) is 1. The number of fused-ring (bicyclic) bond motifs is 4. The van der Waals surface area contributed by atoms with E-state index in [1.807, 2.05) is 43.1 Å². The lowest BCUT2D eigenvalue weighted by molar-refractivity contribution is -0.0230. The van der Waals surface area contributed by atoms with Crippen LogP contribution in [0.4, 0.5) is 5.69 Å². The first kappa shape index (κ1) is 19.2. The van der Waals surface area contributed by atoms with Crippen LogP contribution in [0.3, 0.4) is 0 Å². The van der Waals surface area contributed by atoms with Crippen molar-refractivity contribution in [2.75, 3.05) is 18.1 Å². The normalized spacial score (nSPS) is 24.6. The molecule has 3 atom stereocenters. The predicted molar refractivity (Wildman–Crippen MR) is 110 cm³/mol. The van der Waals surface area contributed by atoms with Gasteiger partial charge in [0, 0.05) is 18.5 Å². The Hall–Kier alpha value is -2.11. The summed E-state index contributed by atoms with van der Waals surface area (Å²) in [5, 5.41) is 22.1. The van der Waals surface area contributed by atoms with Crippen molar-refractivity contribution in [1.29, 1.82) is 0 Å². The van der Waals surface area contributed by atoms with Crippen molar-refractivity contribution in [3.05, 3.63) is 52.8 Å². The number of aliphatic hydroxyl groups is 2. The van der Waals surface area contributed by atoms with E-state index in [4.69, 9.17) is 4.74 Å². The molecule has 0 spiro atoms. The van der Waals surface area contributed by atoms with Gasteiger partial charge in [-0.1, -0.05) is 12.1 Å². The van der Waals surface area contributed by atoms with Gasteiger partial charge in [-0.25, -0.2) is 0 Å². The first-order chi connectivity index (χ1) is 13.4.